The average molecular weight is 1090 g/mol. The van der Waals surface area contributed by atoms with Gasteiger partial charge in [-0.15, -0.1) is 23.1 Å². The van der Waals surface area contributed by atoms with E-state index in [4.69, 9.17) is 19.3 Å². The molecule has 1 unspecified atom stereocenters. The van der Waals surface area contributed by atoms with Crippen molar-refractivity contribution in [2.45, 2.75) is 68.9 Å². The normalized spacial score (nSPS) is 16.4. The van der Waals surface area contributed by atoms with Crippen LogP contribution < -0.4 is 10.6 Å². The largest absolute Gasteiger partial charge is 0.457 e. The van der Waals surface area contributed by atoms with E-state index < -0.39 is 58.0 Å². The predicted molar refractivity (Wildman–Crippen MR) is 283 cm³/mol. The summed E-state index contributed by atoms with van der Waals surface area (Å²) in [5.41, 5.74) is 1.53. The number of nitrogens with one attached hydrogen (secondary N) is 2. The summed E-state index contributed by atoms with van der Waals surface area (Å²) in [6.07, 6.45) is 3.01. The van der Waals surface area contributed by atoms with Crippen molar-refractivity contribution in [1.82, 2.24) is 15.2 Å². The molecular weight excluding hydrogens is 1030 g/mol. The lowest BCUT2D eigenvalue weighted by molar-refractivity contribution is -0.179. The van der Waals surface area contributed by atoms with E-state index in [9.17, 15) is 19.2 Å². The van der Waals surface area contributed by atoms with Crippen LogP contribution in [0.15, 0.2) is 186 Å². The van der Waals surface area contributed by atoms with Gasteiger partial charge in [-0.1, -0.05) is 192 Å². The van der Waals surface area contributed by atoms with Gasteiger partial charge in [-0.2, -0.15) is 0 Å². The van der Waals surface area contributed by atoms with Crippen molar-refractivity contribution >= 4 is 80.3 Å². The van der Waals surface area contributed by atoms with E-state index in [0.29, 0.717) is 20.9 Å². The Labute approximate surface area is 429 Å². The van der Waals surface area contributed by atoms with E-state index >= 15 is 0 Å². The number of ether oxygens (including phenoxy) is 2. The van der Waals surface area contributed by atoms with Crippen LogP contribution in [0.1, 0.15) is 74.2 Å². The minimum Gasteiger partial charge on any atom is -0.457 e. The molecular formula is C55H52IN5O7S2. The molecule has 0 spiro atoms. The first-order valence-electron chi connectivity index (χ1n) is 22.6. The van der Waals surface area contributed by atoms with Gasteiger partial charge >= 0.3 is 11.9 Å². The summed E-state index contributed by atoms with van der Waals surface area (Å²) in [7, 11) is 0. The molecule has 8 rings (SSSR count). The monoisotopic (exact) mass is 1090 g/mol. The number of allylic oxidation sites excluding steroid dienone is 2. The van der Waals surface area contributed by atoms with Crippen LogP contribution in [-0.4, -0.2) is 72.1 Å². The molecule has 0 saturated carbocycles. The highest BCUT2D eigenvalue weighted by molar-refractivity contribution is 14.1. The van der Waals surface area contributed by atoms with Crippen molar-refractivity contribution < 1.29 is 33.5 Å². The highest BCUT2D eigenvalue weighted by atomic mass is 127. The quantitative estimate of drug-likeness (QED) is 0.0172. The van der Waals surface area contributed by atoms with Gasteiger partial charge in [0.05, 0.1) is 0 Å². The number of benzene rings is 5. The third kappa shape index (κ3) is 10.9. The Kier molecular flexibility index (Phi) is 15.4. The number of carbonyl (C=O) groups excluding carboxylic acids is 4. The van der Waals surface area contributed by atoms with Gasteiger partial charge in [0.25, 0.3) is 11.8 Å². The third-order valence-corrected chi connectivity index (χ3v) is 14.0. The molecule has 0 radical (unpaired) electrons. The predicted octanol–water partition coefficient (Wildman–Crippen LogP) is 10.4. The van der Waals surface area contributed by atoms with Crippen LogP contribution in [-0.2, 0) is 39.0 Å². The summed E-state index contributed by atoms with van der Waals surface area (Å²) in [4.78, 5) is 69.2. The van der Waals surface area contributed by atoms with Gasteiger partial charge < -0.3 is 24.9 Å². The number of rotatable bonds is 17. The van der Waals surface area contributed by atoms with Gasteiger partial charge in [-0.05, 0) is 68.0 Å². The highest BCUT2D eigenvalue weighted by Crippen LogP contribution is 2.43. The maximum Gasteiger partial charge on any atom is 0.356 e. The van der Waals surface area contributed by atoms with Crippen molar-refractivity contribution in [3.8, 4) is 0 Å². The minimum absolute atomic E-state index is 0.113. The topological polar surface area (TPSA) is 149 Å². The molecule has 358 valence electrons. The van der Waals surface area contributed by atoms with E-state index in [1.165, 1.54) is 41.8 Å². The first-order valence-corrected chi connectivity index (χ1v) is 26.1. The molecule has 2 N–H and O–H groups in total. The second kappa shape index (κ2) is 21.6. The molecule has 2 amide bonds. The average Bonchev–Trinajstić information content (AvgIpc) is 3.84. The molecule has 6 aromatic rings. The fraction of sp³-hybridized carbons (Fsp3) is 0.236. The van der Waals surface area contributed by atoms with Crippen molar-refractivity contribution in [1.29, 1.82) is 0 Å². The molecule has 3 heterocycles. The zero-order valence-corrected chi connectivity index (χ0v) is 43.0. The molecule has 12 nitrogen and oxygen atoms in total. The van der Waals surface area contributed by atoms with E-state index in [-0.39, 0.29) is 17.1 Å². The summed E-state index contributed by atoms with van der Waals surface area (Å²) >= 11 is 4.88. The summed E-state index contributed by atoms with van der Waals surface area (Å²) in [5.74, 6) is -2.31. The summed E-state index contributed by atoms with van der Waals surface area (Å²) in [5, 5.41) is 12.4. The maximum atomic E-state index is 14.7. The molecule has 70 heavy (non-hydrogen) atoms. The van der Waals surface area contributed by atoms with Crippen molar-refractivity contribution in [2.24, 2.45) is 5.16 Å². The van der Waals surface area contributed by atoms with Gasteiger partial charge in [0.1, 0.15) is 33.9 Å². The number of thiazole rings is 1. The lowest BCUT2D eigenvalue weighted by Crippen LogP contribution is -2.71. The van der Waals surface area contributed by atoms with E-state index in [2.05, 4.69) is 38.4 Å². The second-order valence-electron chi connectivity index (χ2n) is 18.0. The van der Waals surface area contributed by atoms with Crippen LogP contribution in [0.4, 0.5) is 5.13 Å². The molecule has 1 aromatic heterocycles. The van der Waals surface area contributed by atoms with Gasteiger partial charge in [0.2, 0.25) is 5.60 Å². The first kappa shape index (κ1) is 49.8. The third-order valence-electron chi connectivity index (χ3n) is 11.4. The number of fused-ring (bicyclic) bond motifs is 1. The smallest absolute Gasteiger partial charge is 0.356 e. The fourth-order valence-corrected chi connectivity index (χ4v) is 10.4. The Morgan fingerprint density at radius 2 is 1.31 bits per heavy atom. The van der Waals surface area contributed by atoms with Crippen LogP contribution >= 0.6 is 45.7 Å². The van der Waals surface area contributed by atoms with Crippen LogP contribution in [0.5, 0.6) is 0 Å². The number of nitrogens with zero attached hydrogens (tertiary/aromatic N) is 3. The van der Waals surface area contributed by atoms with Crippen LogP contribution in [0.3, 0.4) is 0 Å². The Bertz CT molecular complexity index is 2770. The number of anilines is 1. The van der Waals surface area contributed by atoms with Crippen molar-refractivity contribution in [3.05, 3.63) is 214 Å². The Hall–Kier alpha value is -6.56. The maximum absolute atomic E-state index is 14.7. The lowest BCUT2D eigenvalue weighted by Gasteiger charge is -2.49. The zero-order valence-electron chi connectivity index (χ0n) is 39.2. The molecule has 1 saturated heterocycles. The molecule has 2 aliphatic rings. The number of carbonyl (C=O) groups is 4. The minimum atomic E-state index is -1.64. The number of amides is 2. The molecule has 0 aliphatic carbocycles. The van der Waals surface area contributed by atoms with Gasteiger partial charge in [0.15, 0.2) is 16.9 Å². The number of β-lactam (4-membered cyclic amide) rings is 1. The molecule has 15 heteroatoms. The number of hydrogen-bond donors (Lipinski definition) is 2. The number of oxime groups is 1. The van der Waals surface area contributed by atoms with E-state index in [1.54, 1.807) is 26.2 Å². The number of hydrogen-bond acceptors (Lipinski definition) is 12. The van der Waals surface area contributed by atoms with Gasteiger partial charge in [-0.25, -0.2) is 14.6 Å². The lowest BCUT2D eigenvalue weighted by atomic mass is 9.77. The van der Waals surface area contributed by atoms with Gasteiger partial charge in [0, 0.05) is 15.6 Å². The molecule has 2 atom stereocenters. The SMILES string of the molecule is CC(C)(C)OC(=O)C(C)(C)O/N=C(/C(=O)NC1C(=O)N2C(C(=O)OC(c3ccccc3)c3ccccc3)=C(C=CCI)CS[C@H]12)c1csc(NC(c2ccccc2)(c2ccccc2)c2ccccc2)n1. The number of aromatic nitrogens is 1. The molecule has 0 bridgehead atoms. The number of thioether (sulfide) groups is 1. The Morgan fingerprint density at radius 3 is 1.81 bits per heavy atom. The van der Waals surface area contributed by atoms with E-state index in [0.717, 1.165) is 27.8 Å². The van der Waals surface area contributed by atoms with Crippen molar-refractivity contribution in [2.75, 3.05) is 15.5 Å². The van der Waals surface area contributed by atoms with Gasteiger partial charge in [-0.3, -0.25) is 14.5 Å². The zero-order chi connectivity index (χ0) is 49.5. The van der Waals surface area contributed by atoms with Crippen LogP contribution in [0.25, 0.3) is 0 Å². The molecule has 5 aromatic carbocycles. The number of halogens is 1. The standard InChI is InChI=1S/C55H52IN5O7S2/c1-53(2,3)67-51(65)54(4,5)68-60-43(42-35-70-52(57-42)59-55(39-27-15-8-16-28-39,40-29-17-9-18-30-40)41-31-19-10-20-32-41)47(62)58-44-48(63)61-45(38(26-21-33-56)34-69-49(44)61)50(64)66-46(36-22-11-6-12-23-36)37-24-13-7-14-25-37/h6-32,35,44,46,49H,33-34H2,1-5H3,(H,57,59)(H,58,62)/b26-21?,60-43+/t44?,49-/m1/s1. The Balaban J connectivity index is 1.12. The Morgan fingerprint density at radius 1 is 0.800 bits per heavy atom. The molecule has 1 fully saturated rings. The van der Waals surface area contributed by atoms with E-state index in [1.807, 2.05) is 164 Å². The highest BCUT2D eigenvalue weighted by Gasteiger charge is 2.55. The van der Waals surface area contributed by atoms with Crippen LogP contribution in [0, 0.1) is 0 Å². The van der Waals surface area contributed by atoms with Crippen molar-refractivity contribution in [3.63, 3.8) is 0 Å². The summed E-state index contributed by atoms with van der Waals surface area (Å²) in [6.45, 7) is 8.20. The van der Waals surface area contributed by atoms with Crippen LogP contribution in [0.2, 0.25) is 0 Å². The fourth-order valence-electron chi connectivity index (χ4n) is 8.09. The first-order chi connectivity index (χ1) is 33.7. The summed E-state index contributed by atoms with van der Waals surface area (Å²) < 4.78 is 12.6. The summed E-state index contributed by atoms with van der Waals surface area (Å²) in [6, 6.07) is 47.8. The second-order valence-corrected chi connectivity index (χ2v) is 20.8. The molecule has 2 aliphatic heterocycles. The number of alkyl halides is 1. The number of esters is 2.